The number of urea groups is 1. The number of nitrogens with zero attached hydrogens (tertiary/aromatic N) is 1. The molecule has 6 nitrogen and oxygen atoms in total. The van der Waals surface area contributed by atoms with E-state index in [0.29, 0.717) is 11.5 Å². The highest BCUT2D eigenvalue weighted by atomic mass is 16.5. The molecule has 0 fully saturated rings. The maximum absolute atomic E-state index is 12.7. The van der Waals surface area contributed by atoms with Gasteiger partial charge in [-0.3, -0.25) is 0 Å². The number of methoxy groups -OCH3 is 2. The predicted molar refractivity (Wildman–Crippen MR) is 119 cm³/mol. The predicted octanol–water partition coefficient (Wildman–Crippen LogP) is 4.92. The summed E-state index contributed by atoms with van der Waals surface area (Å²) in [4.78, 5) is 14.9. The monoisotopic (exact) mass is 399 g/mol. The van der Waals surface area contributed by atoms with Crippen molar-refractivity contribution in [1.29, 1.82) is 0 Å². The summed E-state index contributed by atoms with van der Waals surface area (Å²) in [6, 6.07) is 11.5. The number of anilines is 2. The molecule has 2 rings (SSSR count). The summed E-state index contributed by atoms with van der Waals surface area (Å²) in [7, 11) is 3.20. The van der Waals surface area contributed by atoms with Crippen molar-refractivity contribution in [3.63, 3.8) is 0 Å². The van der Waals surface area contributed by atoms with E-state index in [-0.39, 0.29) is 6.03 Å². The maximum Gasteiger partial charge on any atom is 0.319 e. The van der Waals surface area contributed by atoms with Crippen LogP contribution in [0.25, 0.3) is 0 Å². The second kappa shape index (κ2) is 9.54. The zero-order chi connectivity index (χ0) is 21.6. The third-order valence-corrected chi connectivity index (χ3v) is 5.12. The molecule has 0 saturated heterocycles. The number of ether oxygens (including phenoxy) is 2. The van der Waals surface area contributed by atoms with Crippen LogP contribution in [-0.2, 0) is 5.54 Å². The molecule has 6 heteroatoms. The minimum atomic E-state index is -0.599. The van der Waals surface area contributed by atoms with Crippen LogP contribution in [0.5, 0.6) is 11.5 Å². The van der Waals surface area contributed by atoms with Crippen molar-refractivity contribution < 1.29 is 14.3 Å². The van der Waals surface area contributed by atoms with Crippen LogP contribution >= 0.6 is 0 Å². The van der Waals surface area contributed by atoms with Crippen LogP contribution in [0.4, 0.5) is 16.2 Å². The molecule has 0 heterocycles. The fourth-order valence-electron chi connectivity index (χ4n) is 3.31. The first-order chi connectivity index (χ1) is 13.7. The SMILES string of the molecule is CCN(CC)c1ccc(NC(=O)NC(C)(C)c2ccc(OC)c(OC)c2)c(C)c1. The van der Waals surface area contributed by atoms with Crippen LogP contribution in [0.3, 0.4) is 0 Å². The standard InChI is InChI=1S/C23H33N3O3/c1-8-26(9-2)18-11-12-19(16(3)14-18)24-22(27)25-23(4,5)17-10-13-20(28-6)21(15-17)29-7/h10-15H,8-9H2,1-7H3,(H2,24,25,27). The zero-order valence-corrected chi connectivity index (χ0v) is 18.6. The van der Waals surface area contributed by atoms with Gasteiger partial charge in [0.15, 0.2) is 11.5 Å². The Hall–Kier alpha value is -2.89. The summed E-state index contributed by atoms with van der Waals surface area (Å²) in [5.74, 6) is 1.28. The normalized spacial score (nSPS) is 11.0. The largest absolute Gasteiger partial charge is 0.493 e. The Morgan fingerprint density at radius 2 is 1.66 bits per heavy atom. The molecule has 2 amide bonds. The number of nitrogens with one attached hydrogen (secondary N) is 2. The van der Waals surface area contributed by atoms with E-state index in [1.165, 1.54) is 0 Å². The summed E-state index contributed by atoms with van der Waals surface area (Å²) in [5.41, 5.74) is 3.29. The average Bonchev–Trinajstić information content (AvgIpc) is 2.69. The molecule has 2 aromatic carbocycles. The Labute approximate surface area is 174 Å². The molecule has 0 aliphatic rings. The van der Waals surface area contributed by atoms with Gasteiger partial charge in [0, 0.05) is 24.5 Å². The molecule has 0 aliphatic heterocycles. The Morgan fingerprint density at radius 3 is 2.21 bits per heavy atom. The molecule has 158 valence electrons. The lowest BCUT2D eigenvalue weighted by Crippen LogP contribution is -2.43. The van der Waals surface area contributed by atoms with Gasteiger partial charge in [-0.2, -0.15) is 0 Å². The van der Waals surface area contributed by atoms with Gasteiger partial charge in [-0.05, 0) is 76.1 Å². The minimum absolute atomic E-state index is 0.261. The summed E-state index contributed by atoms with van der Waals surface area (Å²) in [6.45, 7) is 12.1. The third kappa shape index (κ3) is 5.34. The molecule has 0 spiro atoms. The van der Waals surface area contributed by atoms with Gasteiger partial charge in [-0.25, -0.2) is 4.79 Å². The molecule has 0 saturated carbocycles. The Bertz CT molecular complexity index is 845. The van der Waals surface area contributed by atoms with Gasteiger partial charge in [-0.15, -0.1) is 0 Å². The lowest BCUT2D eigenvalue weighted by Gasteiger charge is -2.28. The number of rotatable bonds is 8. The number of amides is 2. The maximum atomic E-state index is 12.7. The number of aryl methyl sites for hydroxylation is 1. The molecule has 29 heavy (non-hydrogen) atoms. The fourth-order valence-corrected chi connectivity index (χ4v) is 3.31. The van der Waals surface area contributed by atoms with Crippen molar-refractivity contribution in [3.8, 4) is 11.5 Å². The van der Waals surface area contributed by atoms with Crippen molar-refractivity contribution in [2.75, 3.05) is 37.5 Å². The first-order valence-electron chi connectivity index (χ1n) is 9.93. The van der Waals surface area contributed by atoms with E-state index < -0.39 is 5.54 Å². The molecule has 0 aromatic heterocycles. The zero-order valence-electron chi connectivity index (χ0n) is 18.6. The topological polar surface area (TPSA) is 62.8 Å². The highest BCUT2D eigenvalue weighted by Gasteiger charge is 2.24. The van der Waals surface area contributed by atoms with E-state index in [1.807, 2.05) is 51.1 Å². The Kier molecular flexibility index (Phi) is 7.37. The van der Waals surface area contributed by atoms with Crippen molar-refractivity contribution >= 4 is 17.4 Å². The number of benzene rings is 2. The van der Waals surface area contributed by atoms with Crippen LogP contribution in [0, 0.1) is 6.92 Å². The molecule has 0 unspecified atom stereocenters. The second-order valence-electron chi connectivity index (χ2n) is 7.45. The van der Waals surface area contributed by atoms with Gasteiger partial charge in [0.2, 0.25) is 0 Å². The van der Waals surface area contributed by atoms with Crippen LogP contribution in [0.2, 0.25) is 0 Å². The number of carbonyl (C=O) groups excluding carboxylic acids is 1. The molecule has 0 radical (unpaired) electrons. The smallest absolute Gasteiger partial charge is 0.319 e. The van der Waals surface area contributed by atoms with E-state index in [9.17, 15) is 4.79 Å². The van der Waals surface area contributed by atoms with E-state index in [0.717, 1.165) is 35.6 Å². The molecule has 0 bridgehead atoms. The Morgan fingerprint density at radius 1 is 1.00 bits per heavy atom. The van der Waals surface area contributed by atoms with Crippen LogP contribution < -0.4 is 25.0 Å². The van der Waals surface area contributed by atoms with Crippen molar-refractivity contribution in [3.05, 3.63) is 47.5 Å². The van der Waals surface area contributed by atoms with Crippen LogP contribution in [0.15, 0.2) is 36.4 Å². The van der Waals surface area contributed by atoms with E-state index >= 15 is 0 Å². The average molecular weight is 400 g/mol. The molecule has 2 N–H and O–H groups in total. The van der Waals surface area contributed by atoms with Gasteiger partial charge in [0.05, 0.1) is 19.8 Å². The summed E-state index contributed by atoms with van der Waals surface area (Å²) >= 11 is 0. The van der Waals surface area contributed by atoms with Gasteiger partial charge < -0.3 is 25.0 Å². The Balaban J connectivity index is 2.13. The third-order valence-electron chi connectivity index (χ3n) is 5.12. The first-order valence-corrected chi connectivity index (χ1v) is 9.93. The number of carbonyl (C=O) groups is 1. The van der Waals surface area contributed by atoms with Gasteiger partial charge in [0.1, 0.15) is 0 Å². The highest BCUT2D eigenvalue weighted by molar-refractivity contribution is 5.91. The van der Waals surface area contributed by atoms with Crippen molar-refractivity contribution in [2.45, 2.75) is 40.2 Å². The van der Waals surface area contributed by atoms with E-state index in [1.54, 1.807) is 14.2 Å². The molecule has 0 atom stereocenters. The molecular formula is C23H33N3O3. The number of hydrogen-bond donors (Lipinski definition) is 2. The lowest BCUT2D eigenvalue weighted by molar-refractivity contribution is 0.241. The van der Waals surface area contributed by atoms with E-state index in [4.69, 9.17) is 9.47 Å². The summed E-state index contributed by atoms with van der Waals surface area (Å²) in [6.07, 6.45) is 0. The summed E-state index contributed by atoms with van der Waals surface area (Å²) in [5, 5.41) is 6.00. The van der Waals surface area contributed by atoms with E-state index in [2.05, 4.69) is 35.4 Å². The second-order valence-corrected chi connectivity index (χ2v) is 7.45. The lowest BCUT2D eigenvalue weighted by atomic mass is 9.94. The van der Waals surface area contributed by atoms with Crippen molar-refractivity contribution in [1.82, 2.24) is 5.32 Å². The number of hydrogen-bond acceptors (Lipinski definition) is 4. The first kappa shape index (κ1) is 22.4. The van der Waals surface area contributed by atoms with Gasteiger partial charge in [0.25, 0.3) is 0 Å². The van der Waals surface area contributed by atoms with Gasteiger partial charge in [-0.1, -0.05) is 6.07 Å². The quantitative estimate of drug-likeness (QED) is 0.662. The molecule has 2 aromatic rings. The van der Waals surface area contributed by atoms with Crippen molar-refractivity contribution in [2.24, 2.45) is 0 Å². The highest BCUT2D eigenvalue weighted by Crippen LogP contribution is 2.32. The molecule has 0 aliphatic carbocycles. The summed E-state index contributed by atoms with van der Waals surface area (Å²) < 4.78 is 10.7. The fraction of sp³-hybridized carbons (Fsp3) is 0.435. The minimum Gasteiger partial charge on any atom is -0.493 e. The molecular weight excluding hydrogens is 366 g/mol. The van der Waals surface area contributed by atoms with Gasteiger partial charge >= 0.3 is 6.03 Å². The van der Waals surface area contributed by atoms with Crippen LogP contribution in [0.1, 0.15) is 38.8 Å². The van der Waals surface area contributed by atoms with Crippen LogP contribution in [-0.4, -0.2) is 33.3 Å².